The molecule has 0 radical (unpaired) electrons. The van der Waals surface area contributed by atoms with Crippen LogP contribution < -0.4 is 4.74 Å². The number of thiophene rings is 1. The molecule has 3 heterocycles. The molecule has 0 bridgehead atoms. The first-order valence-corrected chi connectivity index (χ1v) is 10.2. The number of aromatic nitrogens is 1. The largest absolute Gasteiger partial charge is 0.504 e. The third kappa shape index (κ3) is 3.15. The minimum atomic E-state index is 0.195. The van der Waals surface area contributed by atoms with Gasteiger partial charge in [0.15, 0.2) is 17.3 Å². The zero-order chi connectivity index (χ0) is 19.1. The lowest BCUT2D eigenvalue weighted by Gasteiger charge is -2.17. The molecule has 28 heavy (non-hydrogen) atoms. The van der Waals surface area contributed by atoms with E-state index in [0.29, 0.717) is 25.4 Å². The summed E-state index contributed by atoms with van der Waals surface area (Å²) in [6.45, 7) is 4.54. The third-order valence-corrected chi connectivity index (χ3v) is 6.01. The summed E-state index contributed by atoms with van der Waals surface area (Å²) in [6, 6.07) is 14.2. The zero-order valence-electron chi connectivity index (χ0n) is 15.5. The van der Waals surface area contributed by atoms with Crippen molar-refractivity contribution in [3.8, 4) is 22.6 Å². The molecule has 4 aromatic rings. The number of fused-ring (bicyclic) bond motifs is 2. The monoisotopic (exact) mass is 392 g/mol. The summed E-state index contributed by atoms with van der Waals surface area (Å²) < 4.78 is 12.5. The van der Waals surface area contributed by atoms with Gasteiger partial charge in [0, 0.05) is 40.4 Å². The molecule has 0 fully saturated rings. The van der Waals surface area contributed by atoms with Gasteiger partial charge in [-0.15, -0.1) is 11.3 Å². The summed E-state index contributed by atoms with van der Waals surface area (Å²) in [7, 11) is 0. The van der Waals surface area contributed by atoms with E-state index in [4.69, 9.17) is 9.26 Å². The predicted octanol–water partition coefficient (Wildman–Crippen LogP) is 4.96. The van der Waals surface area contributed by atoms with Crippen LogP contribution >= 0.6 is 11.3 Å². The number of aryl methyl sites for hydroxylation is 1. The fourth-order valence-corrected chi connectivity index (χ4v) is 4.73. The van der Waals surface area contributed by atoms with Crippen LogP contribution in [0.25, 0.3) is 21.2 Å². The van der Waals surface area contributed by atoms with Crippen molar-refractivity contribution in [3.05, 3.63) is 64.9 Å². The lowest BCUT2D eigenvalue weighted by molar-refractivity contribution is 0.198. The second-order valence-corrected chi connectivity index (χ2v) is 8.03. The number of phenols is 1. The molecule has 0 saturated carbocycles. The highest BCUT2D eigenvalue weighted by molar-refractivity contribution is 7.17. The normalized spacial score (nSPS) is 14.6. The van der Waals surface area contributed by atoms with Gasteiger partial charge < -0.3 is 14.4 Å². The summed E-state index contributed by atoms with van der Waals surface area (Å²) in [5.41, 5.74) is 4.01. The quantitative estimate of drug-likeness (QED) is 0.534. The van der Waals surface area contributed by atoms with E-state index in [1.165, 1.54) is 10.1 Å². The number of benzene rings is 2. The summed E-state index contributed by atoms with van der Waals surface area (Å²) in [5.74, 6) is 1.62. The van der Waals surface area contributed by atoms with Crippen LogP contribution in [0.2, 0.25) is 0 Å². The second-order valence-electron chi connectivity index (χ2n) is 7.12. The molecular weight excluding hydrogens is 372 g/mol. The Morgan fingerprint density at radius 1 is 1.21 bits per heavy atom. The molecule has 1 N–H and O–H groups in total. The first-order valence-electron chi connectivity index (χ1n) is 9.27. The average Bonchev–Trinajstić information content (AvgIpc) is 3.23. The molecule has 0 amide bonds. The Kier molecular flexibility index (Phi) is 4.30. The number of rotatable bonds is 3. The molecule has 0 atom stereocenters. The van der Waals surface area contributed by atoms with E-state index < -0.39 is 0 Å². The van der Waals surface area contributed by atoms with Crippen molar-refractivity contribution in [1.29, 1.82) is 0 Å². The van der Waals surface area contributed by atoms with E-state index in [2.05, 4.69) is 33.6 Å². The fourth-order valence-electron chi connectivity index (χ4n) is 3.76. The topological polar surface area (TPSA) is 58.7 Å². The number of hydrogen-bond donors (Lipinski definition) is 1. The minimum absolute atomic E-state index is 0.195. The summed E-state index contributed by atoms with van der Waals surface area (Å²) in [5, 5.41) is 18.0. The molecule has 1 aliphatic heterocycles. The van der Waals surface area contributed by atoms with Gasteiger partial charge in [0.25, 0.3) is 0 Å². The number of nitrogens with zero attached hydrogens (tertiary/aromatic N) is 2. The number of aromatic hydroxyl groups is 1. The molecule has 5 rings (SSSR count). The van der Waals surface area contributed by atoms with Crippen molar-refractivity contribution >= 4 is 21.4 Å². The van der Waals surface area contributed by atoms with E-state index in [0.717, 1.165) is 34.7 Å². The molecule has 142 valence electrons. The molecule has 5 nitrogen and oxygen atoms in total. The number of hydrogen-bond acceptors (Lipinski definition) is 6. The van der Waals surface area contributed by atoms with Gasteiger partial charge in [-0.25, -0.2) is 0 Å². The highest BCUT2D eigenvalue weighted by Crippen LogP contribution is 2.41. The van der Waals surface area contributed by atoms with Crippen LogP contribution in [0, 0.1) is 6.92 Å². The molecule has 6 heteroatoms. The van der Waals surface area contributed by atoms with Crippen LogP contribution in [0.5, 0.6) is 11.5 Å². The van der Waals surface area contributed by atoms with Crippen LogP contribution in [0.1, 0.15) is 17.0 Å². The van der Waals surface area contributed by atoms with E-state index in [9.17, 15) is 5.11 Å². The molecule has 0 spiro atoms. The summed E-state index contributed by atoms with van der Waals surface area (Å²) >= 11 is 1.72. The highest BCUT2D eigenvalue weighted by atomic mass is 32.1. The van der Waals surface area contributed by atoms with Crippen LogP contribution in [0.15, 0.2) is 52.4 Å². The summed E-state index contributed by atoms with van der Waals surface area (Å²) in [6.07, 6.45) is 0. The molecule has 0 saturated heterocycles. The lowest BCUT2D eigenvalue weighted by Crippen LogP contribution is -2.25. The Labute approximate surface area is 166 Å². The fraction of sp³-hybridized carbons (Fsp3) is 0.227. The molecule has 2 aromatic heterocycles. The predicted molar refractivity (Wildman–Crippen MR) is 110 cm³/mol. The van der Waals surface area contributed by atoms with Crippen LogP contribution in [-0.2, 0) is 13.1 Å². The molecule has 2 aromatic carbocycles. The van der Waals surface area contributed by atoms with Crippen molar-refractivity contribution in [2.45, 2.75) is 20.0 Å². The first-order chi connectivity index (χ1) is 13.7. The Bertz CT molecular complexity index is 1150. The maximum Gasteiger partial charge on any atom is 0.165 e. The van der Waals surface area contributed by atoms with Crippen molar-refractivity contribution < 1.29 is 14.4 Å². The van der Waals surface area contributed by atoms with Gasteiger partial charge in [0.2, 0.25) is 0 Å². The van der Waals surface area contributed by atoms with E-state index in [-0.39, 0.29) is 5.75 Å². The lowest BCUT2D eigenvalue weighted by atomic mass is 10.0. The van der Waals surface area contributed by atoms with E-state index in [1.54, 1.807) is 11.3 Å². The van der Waals surface area contributed by atoms with Crippen LogP contribution in [0.3, 0.4) is 0 Å². The standard InChI is InChI=1S/C22H20N2O3S/c1-14-8-17(27-23-14)12-24-6-7-26-22-16(11-24)9-15(10-20(22)25)19-13-28-21-5-3-2-4-18(19)21/h2-5,8-10,13,25H,6-7,11-12H2,1H3. The van der Waals surface area contributed by atoms with Crippen molar-refractivity contribution in [3.63, 3.8) is 0 Å². The second kappa shape index (κ2) is 6.96. The van der Waals surface area contributed by atoms with Gasteiger partial charge in [-0.2, -0.15) is 0 Å². The van der Waals surface area contributed by atoms with Gasteiger partial charge in [-0.3, -0.25) is 4.90 Å². The van der Waals surface area contributed by atoms with Gasteiger partial charge in [-0.1, -0.05) is 23.4 Å². The maximum absolute atomic E-state index is 10.6. The van der Waals surface area contributed by atoms with Crippen LogP contribution in [-0.4, -0.2) is 28.3 Å². The molecule has 0 aliphatic carbocycles. The van der Waals surface area contributed by atoms with Crippen molar-refractivity contribution in [1.82, 2.24) is 10.1 Å². The number of ether oxygens (including phenoxy) is 1. The van der Waals surface area contributed by atoms with Crippen molar-refractivity contribution in [2.75, 3.05) is 13.2 Å². The van der Waals surface area contributed by atoms with Gasteiger partial charge in [-0.05, 0) is 36.1 Å². The smallest absolute Gasteiger partial charge is 0.165 e. The molecule has 0 unspecified atom stereocenters. The van der Waals surface area contributed by atoms with Crippen molar-refractivity contribution in [2.24, 2.45) is 0 Å². The maximum atomic E-state index is 10.6. The SMILES string of the molecule is Cc1cc(CN2CCOc3c(O)cc(-c4csc5ccccc45)cc3C2)on1. The highest BCUT2D eigenvalue weighted by Gasteiger charge is 2.21. The third-order valence-electron chi connectivity index (χ3n) is 5.04. The van der Waals surface area contributed by atoms with E-state index >= 15 is 0 Å². The zero-order valence-corrected chi connectivity index (χ0v) is 16.3. The van der Waals surface area contributed by atoms with Crippen LogP contribution in [0.4, 0.5) is 0 Å². The molecular formula is C22H20N2O3S. The van der Waals surface area contributed by atoms with E-state index in [1.807, 2.05) is 31.2 Å². The molecule has 1 aliphatic rings. The average molecular weight is 392 g/mol. The van der Waals surface area contributed by atoms with Gasteiger partial charge in [0.05, 0.1) is 12.2 Å². The van der Waals surface area contributed by atoms with Gasteiger partial charge in [0.1, 0.15) is 6.61 Å². The Morgan fingerprint density at radius 3 is 2.96 bits per heavy atom. The Hall–Kier alpha value is -2.83. The Morgan fingerprint density at radius 2 is 2.11 bits per heavy atom. The number of phenolic OH excluding ortho intramolecular Hbond substituents is 1. The summed E-state index contributed by atoms with van der Waals surface area (Å²) in [4.78, 5) is 2.25. The minimum Gasteiger partial charge on any atom is -0.504 e. The van der Waals surface area contributed by atoms with Gasteiger partial charge >= 0.3 is 0 Å². The first kappa shape index (κ1) is 17.3. The Balaban J connectivity index is 1.51.